The average molecular weight is 436 g/mol. The Bertz CT molecular complexity index is 1230. The zero-order valence-electron chi connectivity index (χ0n) is 16.7. The van der Waals surface area contributed by atoms with Crippen LogP contribution in [0.15, 0.2) is 36.0 Å². The minimum Gasteiger partial charge on any atom is -0.329 e. The number of fused-ring (bicyclic) bond motifs is 1. The van der Waals surface area contributed by atoms with Gasteiger partial charge in [0.1, 0.15) is 11.7 Å². The van der Waals surface area contributed by atoms with Crippen LogP contribution in [0.4, 0.5) is 22.8 Å². The molecule has 1 atom stereocenters. The Morgan fingerprint density at radius 3 is 3.03 bits per heavy atom. The van der Waals surface area contributed by atoms with Crippen LogP contribution in [0.2, 0.25) is 0 Å². The molecule has 0 bridgehead atoms. The zero-order chi connectivity index (χ0) is 20.8. The molecule has 0 radical (unpaired) electrons. The molecule has 1 saturated heterocycles. The summed E-state index contributed by atoms with van der Waals surface area (Å²) in [6, 6.07) is 5.56. The van der Waals surface area contributed by atoms with E-state index in [1.807, 2.05) is 39.1 Å². The van der Waals surface area contributed by atoms with E-state index in [2.05, 4.69) is 25.8 Å². The number of rotatable bonds is 6. The maximum Gasteiger partial charge on any atom is 0.248 e. The Morgan fingerprint density at radius 2 is 2.19 bits per heavy atom. The number of anilines is 4. The van der Waals surface area contributed by atoms with Gasteiger partial charge in [-0.1, -0.05) is 0 Å². The molecule has 4 aromatic rings. The van der Waals surface area contributed by atoms with E-state index < -0.39 is 0 Å². The van der Waals surface area contributed by atoms with Crippen LogP contribution in [0, 0.1) is 0 Å². The molecule has 1 unspecified atom stereocenters. The van der Waals surface area contributed by atoms with Gasteiger partial charge in [-0.3, -0.25) is 14.3 Å². The second kappa shape index (κ2) is 7.34. The molecule has 6 rings (SSSR count). The molecule has 5 heterocycles. The minimum absolute atomic E-state index is 0.0813. The van der Waals surface area contributed by atoms with E-state index in [0.717, 1.165) is 36.5 Å². The largest absolute Gasteiger partial charge is 0.329 e. The van der Waals surface area contributed by atoms with Crippen molar-refractivity contribution in [2.45, 2.75) is 37.6 Å². The molecule has 1 amide bonds. The topological polar surface area (TPSA) is 116 Å². The van der Waals surface area contributed by atoms with Crippen LogP contribution in [-0.2, 0) is 4.79 Å². The van der Waals surface area contributed by atoms with Crippen LogP contribution in [0.25, 0.3) is 5.65 Å². The molecule has 31 heavy (non-hydrogen) atoms. The summed E-state index contributed by atoms with van der Waals surface area (Å²) in [6.45, 7) is 0.723. The quantitative estimate of drug-likeness (QED) is 0.426. The molecule has 11 heteroatoms. The van der Waals surface area contributed by atoms with E-state index in [-0.39, 0.29) is 11.9 Å². The number of aromatic nitrogens is 6. The van der Waals surface area contributed by atoms with Crippen molar-refractivity contribution in [1.82, 2.24) is 29.5 Å². The van der Waals surface area contributed by atoms with Gasteiger partial charge in [-0.15, -0.1) is 11.3 Å². The summed E-state index contributed by atoms with van der Waals surface area (Å²) in [6.07, 6.45) is 7.66. The molecule has 10 nitrogen and oxygen atoms in total. The van der Waals surface area contributed by atoms with Gasteiger partial charge >= 0.3 is 0 Å². The molecule has 4 aromatic heterocycles. The Balaban J connectivity index is 1.30. The normalized spacial score (nSPS) is 18.6. The molecule has 0 aromatic carbocycles. The standard InChI is InChI=1S/C20H21N9OS/c30-17(24-20-21-7-10-31-20)14-3-1-8-28(14)19-23-16-4-2-9-29(16)18(25-19)22-15-11-13(26-27-15)12-5-6-12/h2,4,7,9-12,14H,1,3,5-6,8H2,(H,21,24,30)(H2,22,23,25,26,27). The van der Waals surface area contributed by atoms with Crippen LogP contribution < -0.4 is 15.5 Å². The first-order valence-electron chi connectivity index (χ1n) is 10.4. The lowest BCUT2D eigenvalue weighted by Crippen LogP contribution is -2.40. The SMILES string of the molecule is O=C(Nc1nccs1)C1CCCN1c1nc(Nc2cc(C3CC3)[nH]n2)n2cccc2n1. The maximum absolute atomic E-state index is 12.9. The molecule has 1 aliphatic heterocycles. The number of nitrogens with one attached hydrogen (secondary N) is 3. The third kappa shape index (κ3) is 3.50. The van der Waals surface area contributed by atoms with E-state index in [1.165, 1.54) is 24.2 Å². The van der Waals surface area contributed by atoms with E-state index in [1.54, 1.807) is 6.20 Å². The Kier molecular flexibility index (Phi) is 4.34. The summed E-state index contributed by atoms with van der Waals surface area (Å²) < 4.78 is 1.88. The fraction of sp³-hybridized carbons (Fsp3) is 0.350. The Labute approximate surface area is 181 Å². The Hall–Kier alpha value is -3.47. The molecule has 158 valence electrons. The number of carbonyl (C=O) groups is 1. The second-order valence-electron chi connectivity index (χ2n) is 7.87. The average Bonchev–Trinajstić information content (AvgIpc) is 3.27. The van der Waals surface area contributed by atoms with E-state index >= 15 is 0 Å². The number of thiazole rings is 1. The van der Waals surface area contributed by atoms with Crippen molar-refractivity contribution in [3.8, 4) is 0 Å². The summed E-state index contributed by atoms with van der Waals surface area (Å²) >= 11 is 1.41. The highest BCUT2D eigenvalue weighted by molar-refractivity contribution is 7.13. The predicted octanol–water partition coefficient (Wildman–Crippen LogP) is 3.14. The van der Waals surface area contributed by atoms with E-state index in [0.29, 0.717) is 22.9 Å². The molecule has 3 N–H and O–H groups in total. The molecular formula is C20H21N9OS. The summed E-state index contributed by atoms with van der Waals surface area (Å²) in [7, 11) is 0. The molecule has 1 aliphatic carbocycles. The zero-order valence-corrected chi connectivity index (χ0v) is 17.5. The maximum atomic E-state index is 12.9. The molecular weight excluding hydrogens is 414 g/mol. The van der Waals surface area contributed by atoms with Gasteiger partial charge in [0.25, 0.3) is 0 Å². The minimum atomic E-state index is -0.332. The summed E-state index contributed by atoms with van der Waals surface area (Å²) in [4.78, 5) is 28.5. The van der Waals surface area contributed by atoms with Crippen LogP contribution >= 0.6 is 11.3 Å². The number of amides is 1. The van der Waals surface area contributed by atoms with Gasteiger partial charge in [-0.25, -0.2) is 4.98 Å². The highest BCUT2D eigenvalue weighted by atomic mass is 32.1. The van der Waals surface area contributed by atoms with Crippen molar-refractivity contribution in [3.05, 3.63) is 41.7 Å². The van der Waals surface area contributed by atoms with Gasteiger partial charge < -0.3 is 15.5 Å². The van der Waals surface area contributed by atoms with Gasteiger partial charge in [0, 0.05) is 42.0 Å². The molecule has 2 aliphatic rings. The van der Waals surface area contributed by atoms with Crippen LogP contribution in [0.1, 0.15) is 37.3 Å². The lowest BCUT2D eigenvalue weighted by Gasteiger charge is -2.24. The summed E-state index contributed by atoms with van der Waals surface area (Å²) in [5, 5.41) is 16.2. The van der Waals surface area contributed by atoms with Gasteiger partial charge in [-0.2, -0.15) is 15.1 Å². The van der Waals surface area contributed by atoms with Crippen molar-refractivity contribution < 1.29 is 4.79 Å². The van der Waals surface area contributed by atoms with Crippen molar-refractivity contribution in [2.75, 3.05) is 22.1 Å². The first-order chi connectivity index (χ1) is 15.2. The fourth-order valence-corrected chi connectivity index (χ4v) is 4.54. The van der Waals surface area contributed by atoms with Gasteiger partial charge in [-0.05, 0) is 37.8 Å². The third-order valence-corrected chi connectivity index (χ3v) is 6.39. The van der Waals surface area contributed by atoms with Crippen LogP contribution in [0.3, 0.4) is 0 Å². The first-order valence-corrected chi connectivity index (χ1v) is 11.3. The van der Waals surface area contributed by atoms with Crippen molar-refractivity contribution >= 4 is 45.7 Å². The number of carbonyl (C=O) groups excluding carboxylic acids is 1. The fourth-order valence-electron chi connectivity index (χ4n) is 4.01. The third-order valence-electron chi connectivity index (χ3n) is 5.71. The van der Waals surface area contributed by atoms with Crippen molar-refractivity contribution in [2.24, 2.45) is 0 Å². The number of nitrogens with zero attached hydrogens (tertiary/aromatic N) is 6. The van der Waals surface area contributed by atoms with Crippen LogP contribution in [-0.4, -0.2) is 48.0 Å². The smallest absolute Gasteiger partial charge is 0.248 e. The summed E-state index contributed by atoms with van der Waals surface area (Å²) in [5.74, 6) is 2.38. The second-order valence-corrected chi connectivity index (χ2v) is 8.76. The van der Waals surface area contributed by atoms with Gasteiger partial charge in [0.05, 0.1) is 0 Å². The monoisotopic (exact) mass is 435 g/mol. The molecule has 1 saturated carbocycles. The molecule has 0 spiro atoms. The highest BCUT2D eigenvalue weighted by Crippen LogP contribution is 2.39. The summed E-state index contributed by atoms with van der Waals surface area (Å²) in [5.41, 5.74) is 1.91. The van der Waals surface area contributed by atoms with Crippen molar-refractivity contribution in [3.63, 3.8) is 0 Å². The number of aromatic amines is 1. The van der Waals surface area contributed by atoms with Gasteiger partial charge in [0.15, 0.2) is 10.9 Å². The number of H-pyrrole nitrogens is 1. The highest BCUT2D eigenvalue weighted by Gasteiger charge is 2.33. The first kappa shape index (κ1) is 18.3. The predicted molar refractivity (Wildman–Crippen MR) is 118 cm³/mol. The van der Waals surface area contributed by atoms with Gasteiger partial charge in [0.2, 0.25) is 17.8 Å². The lowest BCUT2D eigenvalue weighted by atomic mass is 10.2. The number of hydrogen-bond acceptors (Lipinski definition) is 8. The lowest BCUT2D eigenvalue weighted by molar-refractivity contribution is -0.117. The van der Waals surface area contributed by atoms with Crippen molar-refractivity contribution in [1.29, 1.82) is 0 Å². The Morgan fingerprint density at radius 1 is 1.26 bits per heavy atom. The van der Waals surface area contributed by atoms with E-state index in [4.69, 9.17) is 9.97 Å². The van der Waals surface area contributed by atoms with E-state index in [9.17, 15) is 4.79 Å². The molecule has 2 fully saturated rings. The van der Waals surface area contributed by atoms with Crippen LogP contribution in [0.5, 0.6) is 0 Å². The number of hydrogen-bond donors (Lipinski definition) is 3.